The van der Waals surface area contributed by atoms with Crippen molar-refractivity contribution in [3.05, 3.63) is 51.9 Å². The summed E-state index contributed by atoms with van der Waals surface area (Å²) in [7, 11) is 0. The molecule has 0 saturated carbocycles. The highest BCUT2D eigenvalue weighted by atomic mass is 35.5. The number of fused-ring (bicyclic) bond motifs is 1. The summed E-state index contributed by atoms with van der Waals surface area (Å²) in [5.41, 5.74) is 2.07. The van der Waals surface area contributed by atoms with E-state index in [0.717, 1.165) is 0 Å². The normalized spacial score (nSPS) is 13.5. The van der Waals surface area contributed by atoms with Crippen molar-refractivity contribution in [3.8, 4) is 5.88 Å². The van der Waals surface area contributed by atoms with Gasteiger partial charge in [-0.3, -0.25) is 14.6 Å². The molecule has 2 aromatic rings. The minimum absolute atomic E-state index is 0.0425. The van der Waals surface area contributed by atoms with Crippen LogP contribution < -0.4 is 10.1 Å². The van der Waals surface area contributed by atoms with Crippen LogP contribution in [0, 0.1) is 0 Å². The summed E-state index contributed by atoms with van der Waals surface area (Å²) in [5, 5.41) is 2.53. The lowest BCUT2D eigenvalue weighted by molar-refractivity contribution is -0.148. The Morgan fingerprint density at radius 3 is 2.78 bits per heavy atom. The van der Waals surface area contributed by atoms with Crippen LogP contribution in [0.15, 0.2) is 24.5 Å². The van der Waals surface area contributed by atoms with Crippen LogP contribution in [0.5, 0.6) is 5.88 Å². The van der Waals surface area contributed by atoms with Gasteiger partial charge in [0.15, 0.2) is 6.61 Å². The number of nitrogens with zero attached hydrogens (tertiary/aromatic N) is 3. The number of ether oxygens (including phenoxy) is 1. The first kappa shape index (κ1) is 23.7. The van der Waals surface area contributed by atoms with Gasteiger partial charge in [0, 0.05) is 43.2 Å². The molecule has 1 N–H and O–H groups in total. The summed E-state index contributed by atoms with van der Waals surface area (Å²) in [4.78, 5) is 34.2. The van der Waals surface area contributed by atoms with Gasteiger partial charge in [0.1, 0.15) is 5.02 Å². The Morgan fingerprint density at radius 1 is 1.38 bits per heavy atom. The zero-order valence-electron chi connectivity index (χ0n) is 16.9. The van der Waals surface area contributed by atoms with Crippen molar-refractivity contribution in [1.29, 1.82) is 0 Å². The van der Waals surface area contributed by atoms with E-state index < -0.39 is 24.8 Å². The van der Waals surface area contributed by atoms with Gasteiger partial charge in [-0.05, 0) is 24.6 Å². The first-order valence-electron chi connectivity index (χ1n) is 9.58. The van der Waals surface area contributed by atoms with Gasteiger partial charge >= 0.3 is 12.3 Å². The SMILES string of the molecule is CCNC(=O)Cc1nccc2c1CN(Cc1cnc(OCC(F)(F)C(F)F)c(Cl)c1)C2=O. The van der Waals surface area contributed by atoms with Crippen molar-refractivity contribution in [3.63, 3.8) is 0 Å². The molecular weight excluding hydrogens is 456 g/mol. The fraction of sp³-hybridized carbons (Fsp3) is 0.400. The average molecular weight is 475 g/mol. The average Bonchev–Trinajstić information content (AvgIpc) is 3.04. The number of nitrogens with one attached hydrogen (secondary N) is 1. The van der Waals surface area contributed by atoms with Crippen LogP contribution in [0.3, 0.4) is 0 Å². The van der Waals surface area contributed by atoms with Gasteiger partial charge in [0.2, 0.25) is 11.8 Å². The van der Waals surface area contributed by atoms with Gasteiger partial charge in [-0.1, -0.05) is 11.6 Å². The maximum Gasteiger partial charge on any atom is 0.340 e. The molecule has 1 aliphatic heterocycles. The Kier molecular flexibility index (Phi) is 7.17. The van der Waals surface area contributed by atoms with Crippen LogP contribution in [0.2, 0.25) is 5.02 Å². The van der Waals surface area contributed by atoms with Crippen molar-refractivity contribution in [2.75, 3.05) is 13.2 Å². The fourth-order valence-corrected chi connectivity index (χ4v) is 3.39. The number of pyridine rings is 2. The fourth-order valence-electron chi connectivity index (χ4n) is 3.14. The maximum atomic E-state index is 13.0. The molecule has 3 heterocycles. The first-order valence-corrected chi connectivity index (χ1v) is 9.96. The van der Waals surface area contributed by atoms with E-state index in [1.54, 1.807) is 13.0 Å². The number of aromatic nitrogens is 2. The number of alkyl halides is 4. The van der Waals surface area contributed by atoms with Crippen LogP contribution >= 0.6 is 11.6 Å². The third kappa shape index (κ3) is 5.26. The molecule has 32 heavy (non-hydrogen) atoms. The number of carbonyl (C=O) groups is 2. The number of carbonyl (C=O) groups excluding carboxylic acids is 2. The van der Waals surface area contributed by atoms with E-state index in [1.165, 1.54) is 23.4 Å². The van der Waals surface area contributed by atoms with Gasteiger partial charge in [0.25, 0.3) is 5.91 Å². The van der Waals surface area contributed by atoms with Crippen LogP contribution in [0.4, 0.5) is 17.6 Å². The van der Waals surface area contributed by atoms with E-state index >= 15 is 0 Å². The molecule has 12 heteroatoms. The molecule has 2 aromatic heterocycles. The van der Waals surface area contributed by atoms with Crippen molar-refractivity contribution in [2.24, 2.45) is 0 Å². The van der Waals surface area contributed by atoms with Crippen LogP contribution in [-0.4, -0.2) is 52.2 Å². The molecule has 0 bridgehead atoms. The molecule has 0 aromatic carbocycles. The number of hydrogen-bond donors (Lipinski definition) is 1. The van der Waals surface area contributed by atoms with Gasteiger partial charge in [-0.2, -0.15) is 8.78 Å². The lowest BCUT2D eigenvalue weighted by Gasteiger charge is -2.18. The van der Waals surface area contributed by atoms with Gasteiger partial charge < -0.3 is 15.0 Å². The second-order valence-electron chi connectivity index (χ2n) is 7.06. The summed E-state index contributed by atoms with van der Waals surface area (Å²) < 4.78 is 55.2. The molecule has 2 amide bonds. The van der Waals surface area contributed by atoms with Crippen molar-refractivity contribution in [2.45, 2.75) is 38.8 Å². The van der Waals surface area contributed by atoms with Gasteiger partial charge in [0.05, 0.1) is 12.1 Å². The monoisotopic (exact) mass is 474 g/mol. The van der Waals surface area contributed by atoms with Crippen molar-refractivity contribution < 1.29 is 31.9 Å². The molecule has 0 aliphatic carbocycles. The molecule has 0 radical (unpaired) electrons. The van der Waals surface area contributed by atoms with Crippen molar-refractivity contribution in [1.82, 2.24) is 20.2 Å². The van der Waals surface area contributed by atoms with E-state index in [2.05, 4.69) is 20.0 Å². The summed E-state index contributed by atoms with van der Waals surface area (Å²) in [6.45, 7) is 1.01. The second kappa shape index (κ2) is 9.68. The summed E-state index contributed by atoms with van der Waals surface area (Å²) >= 11 is 5.98. The molecule has 1 aliphatic rings. The maximum absolute atomic E-state index is 13.0. The Hall–Kier alpha value is -2.95. The highest BCUT2D eigenvalue weighted by Gasteiger charge is 2.42. The van der Waals surface area contributed by atoms with Gasteiger partial charge in [-0.25, -0.2) is 13.8 Å². The topological polar surface area (TPSA) is 84.4 Å². The Bertz CT molecular complexity index is 1020. The van der Waals surface area contributed by atoms with E-state index in [4.69, 9.17) is 11.6 Å². The lowest BCUT2D eigenvalue weighted by atomic mass is 10.1. The predicted molar refractivity (Wildman–Crippen MR) is 106 cm³/mol. The van der Waals surface area contributed by atoms with Crippen LogP contribution in [0.1, 0.15) is 34.1 Å². The highest BCUT2D eigenvalue weighted by molar-refractivity contribution is 6.31. The second-order valence-corrected chi connectivity index (χ2v) is 7.46. The molecule has 0 spiro atoms. The van der Waals surface area contributed by atoms with Crippen molar-refractivity contribution >= 4 is 23.4 Å². The molecular formula is C20H19ClF4N4O3. The Balaban J connectivity index is 1.69. The van der Waals surface area contributed by atoms with E-state index in [-0.39, 0.29) is 36.3 Å². The number of halogens is 5. The number of hydrogen-bond acceptors (Lipinski definition) is 5. The zero-order chi connectivity index (χ0) is 23.5. The highest BCUT2D eigenvalue weighted by Crippen LogP contribution is 2.30. The van der Waals surface area contributed by atoms with E-state index in [0.29, 0.717) is 28.9 Å². The van der Waals surface area contributed by atoms with Gasteiger partial charge in [-0.15, -0.1) is 0 Å². The molecule has 0 unspecified atom stereocenters. The summed E-state index contributed by atoms with van der Waals surface area (Å²) in [6, 6.07) is 2.93. The van der Waals surface area contributed by atoms with Crippen LogP contribution in [-0.2, 0) is 24.3 Å². The zero-order valence-corrected chi connectivity index (χ0v) is 17.6. The third-order valence-corrected chi connectivity index (χ3v) is 4.94. The minimum atomic E-state index is -4.34. The molecule has 7 nitrogen and oxygen atoms in total. The Labute approximate surface area is 185 Å². The van der Waals surface area contributed by atoms with E-state index in [9.17, 15) is 27.2 Å². The molecule has 0 saturated heterocycles. The Morgan fingerprint density at radius 2 is 2.12 bits per heavy atom. The molecule has 0 atom stereocenters. The summed E-state index contributed by atoms with van der Waals surface area (Å²) in [5.74, 6) is -5.23. The third-order valence-electron chi connectivity index (χ3n) is 4.67. The number of rotatable bonds is 9. The van der Waals surface area contributed by atoms with E-state index in [1.807, 2.05) is 0 Å². The first-order chi connectivity index (χ1) is 15.1. The standard InChI is InChI=1S/C20H19ClF4N4O3/c1-2-26-16(30)6-15-13-9-29(18(31)12(13)3-4-27-15)8-11-5-14(21)17(28-7-11)32-10-20(24,25)19(22)23/h3-5,7,19H,2,6,8-10H2,1H3,(H,26,30). The lowest BCUT2D eigenvalue weighted by Crippen LogP contribution is -2.34. The summed E-state index contributed by atoms with van der Waals surface area (Å²) in [6.07, 6.45) is -1.11. The number of amides is 2. The molecule has 3 rings (SSSR count). The number of likely N-dealkylation sites (N-methyl/N-ethyl adjacent to an activating group) is 1. The smallest absolute Gasteiger partial charge is 0.340 e. The molecule has 0 fully saturated rings. The predicted octanol–water partition coefficient (Wildman–Crippen LogP) is 3.24. The largest absolute Gasteiger partial charge is 0.470 e. The minimum Gasteiger partial charge on any atom is -0.470 e. The van der Waals surface area contributed by atoms with Crippen LogP contribution in [0.25, 0.3) is 0 Å². The quantitative estimate of drug-likeness (QED) is 0.564. The molecule has 172 valence electrons.